The number of hydrogen-bond donors (Lipinski definition) is 1. The van der Waals surface area contributed by atoms with Gasteiger partial charge in [-0.05, 0) is 44.0 Å². The number of hydrogen-bond acceptors (Lipinski definition) is 1. The number of urea groups is 1. The van der Waals surface area contributed by atoms with E-state index in [9.17, 15) is 4.79 Å². The second-order valence-electron chi connectivity index (χ2n) is 5.91. The molecule has 1 aliphatic rings. The van der Waals surface area contributed by atoms with Gasteiger partial charge >= 0.3 is 6.03 Å². The van der Waals surface area contributed by atoms with Gasteiger partial charge in [0.05, 0.1) is 6.04 Å². The first-order chi connectivity index (χ1) is 10.6. The van der Waals surface area contributed by atoms with Crippen molar-refractivity contribution in [3.63, 3.8) is 0 Å². The molecule has 4 nitrogen and oxygen atoms in total. The number of carbonyl (C=O) groups excluding carboxylic acids is 1. The van der Waals surface area contributed by atoms with Gasteiger partial charge in [0.15, 0.2) is 0 Å². The van der Waals surface area contributed by atoms with E-state index in [1.165, 1.54) is 11.4 Å². The van der Waals surface area contributed by atoms with Crippen molar-refractivity contribution in [2.45, 2.75) is 39.8 Å². The summed E-state index contributed by atoms with van der Waals surface area (Å²) < 4.78 is 2.33. The molecule has 2 aromatic rings. The lowest BCUT2D eigenvalue weighted by atomic mass is 10.1. The van der Waals surface area contributed by atoms with Gasteiger partial charge < -0.3 is 14.8 Å². The van der Waals surface area contributed by atoms with E-state index < -0.39 is 0 Å². The monoisotopic (exact) mass is 297 g/mol. The van der Waals surface area contributed by atoms with E-state index in [2.05, 4.69) is 35.9 Å². The number of amides is 2. The molecular weight excluding hydrogens is 274 g/mol. The molecule has 0 fully saturated rings. The molecule has 0 aliphatic carbocycles. The molecule has 1 aliphatic heterocycles. The van der Waals surface area contributed by atoms with Gasteiger partial charge in [-0.1, -0.05) is 25.1 Å². The smallest absolute Gasteiger partial charge is 0.322 e. The van der Waals surface area contributed by atoms with Gasteiger partial charge in [0.25, 0.3) is 0 Å². The minimum Gasteiger partial charge on any atom is -0.345 e. The molecular formula is C18H23N3O. The molecule has 2 amide bonds. The molecule has 116 valence electrons. The van der Waals surface area contributed by atoms with Crippen LogP contribution in [0.15, 0.2) is 36.4 Å². The van der Waals surface area contributed by atoms with Crippen molar-refractivity contribution in [1.29, 1.82) is 0 Å². The molecule has 3 rings (SSSR count). The summed E-state index contributed by atoms with van der Waals surface area (Å²) in [7, 11) is 0. The topological polar surface area (TPSA) is 37.3 Å². The van der Waals surface area contributed by atoms with Crippen LogP contribution in [-0.4, -0.2) is 22.0 Å². The molecule has 0 radical (unpaired) electrons. The number of anilines is 1. The van der Waals surface area contributed by atoms with Crippen LogP contribution in [0.2, 0.25) is 0 Å². The fourth-order valence-electron chi connectivity index (χ4n) is 3.28. The van der Waals surface area contributed by atoms with Crippen LogP contribution >= 0.6 is 0 Å². The van der Waals surface area contributed by atoms with Gasteiger partial charge in [0.2, 0.25) is 0 Å². The molecule has 1 aromatic heterocycles. The predicted molar refractivity (Wildman–Crippen MR) is 89.1 cm³/mol. The third-order valence-electron chi connectivity index (χ3n) is 4.55. The highest BCUT2D eigenvalue weighted by molar-refractivity contribution is 5.90. The van der Waals surface area contributed by atoms with Crippen molar-refractivity contribution in [1.82, 2.24) is 9.47 Å². The van der Waals surface area contributed by atoms with Crippen LogP contribution in [0, 0.1) is 13.8 Å². The molecule has 0 unspecified atom stereocenters. The predicted octanol–water partition coefficient (Wildman–Crippen LogP) is 4.10. The summed E-state index contributed by atoms with van der Waals surface area (Å²) in [6.45, 7) is 7.89. The van der Waals surface area contributed by atoms with E-state index in [0.29, 0.717) is 0 Å². The molecule has 0 saturated carbocycles. The summed E-state index contributed by atoms with van der Waals surface area (Å²) in [5, 5.41) is 3.06. The first-order valence-electron chi connectivity index (χ1n) is 7.91. The zero-order chi connectivity index (χ0) is 15.7. The van der Waals surface area contributed by atoms with Gasteiger partial charge in [-0.15, -0.1) is 0 Å². The lowest BCUT2D eigenvalue weighted by Gasteiger charge is -2.37. The van der Waals surface area contributed by atoms with Gasteiger partial charge in [-0.3, -0.25) is 0 Å². The SMILES string of the molecule is CC[C@H]1c2ccc(C)n2CCN1C(=O)Nc1ccccc1C. The zero-order valence-electron chi connectivity index (χ0n) is 13.5. The summed E-state index contributed by atoms with van der Waals surface area (Å²) in [6.07, 6.45) is 0.921. The van der Waals surface area contributed by atoms with Gasteiger partial charge in [0, 0.05) is 30.2 Å². The Morgan fingerprint density at radius 2 is 1.95 bits per heavy atom. The van der Waals surface area contributed by atoms with Crippen LogP contribution in [0.5, 0.6) is 0 Å². The Balaban J connectivity index is 1.83. The summed E-state index contributed by atoms with van der Waals surface area (Å²) >= 11 is 0. The highest BCUT2D eigenvalue weighted by atomic mass is 16.2. The zero-order valence-corrected chi connectivity index (χ0v) is 13.5. The molecule has 2 heterocycles. The molecule has 1 aromatic carbocycles. The van der Waals surface area contributed by atoms with Crippen molar-refractivity contribution < 1.29 is 4.79 Å². The second kappa shape index (κ2) is 5.87. The Labute approximate surface area is 131 Å². The second-order valence-corrected chi connectivity index (χ2v) is 5.91. The Kier molecular flexibility index (Phi) is 3.92. The Morgan fingerprint density at radius 3 is 2.68 bits per heavy atom. The summed E-state index contributed by atoms with van der Waals surface area (Å²) in [4.78, 5) is 14.7. The number of fused-ring (bicyclic) bond motifs is 1. The van der Waals surface area contributed by atoms with E-state index in [0.717, 1.165) is 30.8 Å². The third kappa shape index (κ3) is 2.49. The minimum absolute atomic E-state index is 0.00810. The Hall–Kier alpha value is -2.23. The minimum atomic E-state index is -0.00810. The number of nitrogens with zero attached hydrogens (tertiary/aromatic N) is 2. The first kappa shape index (κ1) is 14.7. The van der Waals surface area contributed by atoms with E-state index in [1.54, 1.807) is 0 Å². The first-order valence-corrected chi connectivity index (χ1v) is 7.91. The number of aromatic nitrogens is 1. The molecule has 1 N–H and O–H groups in total. The van der Waals surface area contributed by atoms with Crippen LogP contribution in [-0.2, 0) is 6.54 Å². The number of nitrogens with one attached hydrogen (secondary N) is 1. The Bertz CT molecular complexity index is 689. The van der Waals surface area contributed by atoms with E-state index in [-0.39, 0.29) is 12.1 Å². The van der Waals surface area contributed by atoms with Crippen molar-refractivity contribution in [3.05, 3.63) is 53.3 Å². The lowest BCUT2D eigenvalue weighted by molar-refractivity contribution is 0.165. The highest BCUT2D eigenvalue weighted by Gasteiger charge is 2.30. The summed E-state index contributed by atoms with van der Waals surface area (Å²) in [5.41, 5.74) is 4.48. The number of rotatable bonds is 2. The summed E-state index contributed by atoms with van der Waals surface area (Å²) in [5.74, 6) is 0. The van der Waals surface area contributed by atoms with Crippen molar-refractivity contribution in [2.75, 3.05) is 11.9 Å². The largest absolute Gasteiger partial charge is 0.345 e. The maximum Gasteiger partial charge on any atom is 0.322 e. The number of aryl methyl sites for hydroxylation is 2. The molecule has 4 heteroatoms. The maximum absolute atomic E-state index is 12.7. The van der Waals surface area contributed by atoms with Gasteiger partial charge in [0.1, 0.15) is 0 Å². The fourth-order valence-corrected chi connectivity index (χ4v) is 3.28. The highest BCUT2D eigenvalue weighted by Crippen LogP contribution is 2.30. The number of para-hydroxylation sites is 1. The molecule has 1 atom stereocenters. The standard InChI is InChI=1S/C18H23N3O/c1-4-16-17-10-9-14(3)20(17)11-12-21(16)18(22)19-15-8-6-5-7-13(15)2/h5-10,16H,4,11-12H2,1-3H3,(H,19,22)/t16-/m0/s1. The molecule has 22 heavy (non-hydrogen) atoms. The van der Waals surface area contributed by atoms with E-state index in [1.807, 2.05) is 36.1 Å². The quantitative estimate of drug-likeness (QED) is 0.890. The average Bonchev–Trinajstić information content (AvgIpc) is 2.90. The van der Waals surface area contributed by atoms with Crippen molar-refractivity contribution in [2.24, 2.45) is 0 Å². The van der Waals surface area contributed by atoms with Gasteiger partial charge in [-0.25, -0.2) is 4.79 Å². The summed E-state index contributed by atoms with van der Waals surface area (Å²) in [6, 6.07) is 12.3. The average molecular weight is 297 g/mol. The normalized spacial score (nSPS) is 17.2. The van der Waals surface area contributed by atoms with Crippen molar-refractivity contribution in [3.8, 4) is 0 Å². The molecule has 0 spiro atoms. The van der Waals surface area contributed by atoms with Gasteiger partial charge in [-0.2, -0.15) is 0 Å². The lowest BCUT2D eigenvalue weighted by Crippen LogP contribution is -2.44. The Morgan fingerprint density at radius 1 is 1.18 bits per heavy atom. The van der Waals surface area contributed by atoms with Crippen molar-refractivity contribution >= 4 is 11.7 Å². The van der Waals surface area contributed by atoms with Crippen LogP contribution in [0.4, 0.5) is 10.5 Å². The maximum atomic E-state index is 12.7. The number of carbonyl (C=O) groups is 1. The van der Waals surface area contributed by atoms with Crippen LogP contribution in [0.3, 0.4) is 0 Å². The molecule has 0 bridgehead atoms. The fraction of sp³-hybridized carbons (Fsp3) is 0.389. The van der Waals surface area contributed by atoms with Crippen LogP contribution < -0.4 is 5.32 Å². The van der Waals surface area contributed by atoms with E-state index in [4.69, 9.17) is 0 Å². The van der Waals surface area contributed by atoms with Crippen LogP contribution in [0.25, 0.3) is 0 Å². The number of benzene rings is 1. The van der Waals surface area contributed by atoms with Crippen LogP contribution in [0.1, 0.15) is 36.3 Å². The molecule has 0 saturated heterocycles. The van der Waals surface area contributed by atoms with E-state index >= 15 is 0 Å². The third-order valence-corrected chi connectivity index (χ3v) is 4.55.